The van der Waals surface area contributed by atoms with Crippen molar-refractivity contribution < 1.29 is 14.0 Å². The lowest BCUT2D eigenvalue weighted by Gasteiger charge is -2.28. The van der Waals surface area contributed by atoms with Crippen LogP contribution in [0.4, 0.5) is 9.52 Å². The van der Waals surface area contributed by atoms with Crippen LogP contribution in [-0.2, 0) is 9.59 Å². The van der Waals surface area contributed by atoms with Crippen LogP contribution in [0.15, 0.2) is 30.3 Å². The Kier molecular flexibility index (Phi) is 4.78. The molecule has 2 amide bonds. The molecule has 1 aromatic heterocycles. The van der Waals surface area contributed by atoms with Gasteiger partial charge in [-0.3, -0.25) is 9.59 Å². The second kappa shape index (κ2) is 7.23. The minimum absolute atomic E-state index is 0.0561. The van der Waals surface area contributed by atoms with Gasteiger partial charge in [-0.1, -0.05) is 23.8 Å². The largest absolute Gasteiger partial charge is 0.354 e. The number of carbonyl (C=O) groups is 2. The molecule has 2 N–H and O–H groups in total. The maximum atomic E-state index is 13.4. The molecule has 0 saturated heterocycles. The average molecular weight is 385 g/mol. The molecule has 2 atom stereocenters. The number of carbonyl (C=O) groups excluding carboxylic acids is 2. The summed E-state index contributed by atoms with van der Waals surface area (Å²) in [6.45, 7) is 1.50. The lowest BCUT2D eigenvalue weighted by atomic mass is 9.85. The van der Waals surface area contributed by atoms with E-state index >= 15 is 0 Å². The number of amides is 2. The SMILES string of the molecule is CC(=O)N[C@@H]1CCC[C@H](C(=O)Nc2nc3ccc4cc(F)ccc4c3s2)C1. The summed E-state index contributed by atoms with van der Waals surface area (Å²) < 4.78 is 14.4. The highest BCUT2D eigenvalue weighted by atomic mass is 32.1. The number of hydrogen-bond donors (Lipinski definition) is 2. The number of halogens is 1. The molecule has 7 heteroatoms. The monoisotopic (exact) mass is 385 g/mol. The Morgan fingerprint density at radius 2 is 2.07 bits per heavy atom. The molecule has 0 radical (unpaired) electrons. The third-order valence-corrected chi connectivity index (χ3v) is 6.03. The predicted octanol–water partition coefficient (Wildman–Crippen LogP) is 4.22. The minimum Gasteiger partial charge on any atom is -0.354 e. The third kappa shape index (κ3) is 3.78. The van der Waals surface area contributed by atoms with E-state index in [1.165, 1.54) is 30.4 Å². The van der Waals surface area contributed by atoms with Crippen molar-refractivity contribution in [3.63, 3.8) is 0 Å². The summed E-state index contributed by atoms with van der Waals surface area (Å²) in [4.78, 5) is 28.5. The molecule has 140 valence electrons. The quantitative estimate of drug-likeness (QED) is 0.709. The van der Waals surface area contributed by atoms with E-state index in [4.69, 9.17) is 0 Å². The van der Waals surface area contributed by atoms with Gasteiger partial charge in [0.1, 0.15) is 5.82 Å². The van der Waals surface area contributed by atoms with E-state index in [9.17, 15) is 14.0 Å². The van der Waals surface area contributed by atoms with Gasteiger partial charge in [-0.15, -0.1) is 0 Å². The van der Waals surface area contributed by atoms with E-state index in [0.29, 0.717) is 11.6 Å². The molecule has 1 aliphatic rings. The number of fused-ring (bicyclic) bond motifs is 3. The maximum absolute atomic E-state index is 13.4. The molecule has 2 aromatic carbocycles. The predicted molar refractivity (Wildman–Crippen MR) is 105 cm³/mol. The fourth-order valence-electron chi connectivity index (χ4n) is 3.79. The molecular formula is C20H20FN3O2S. The van der Waals surface area contributed by atoms with Gasteiger partial charge in [0.2, 0.25) is 11.8 Å². The molecule has 1 aliphatic carbocycles. The highest BCUT2D eigenvalue weighted by Gasteiger charge is 2.28. The molecular weight excluding hydrogens is 365 g/mol. The van der Waals surface area contributed by atoms with Crippen molar-refractivity contribution in [3.8, 4) is 0 Å². The second-order valence-corrected chi connectivity index (χ2v) is 8.05. The number of nitrogens with zero attached hydrogens (tertiary/aromatic N) is 1. The number of aromatic nitrogens is 1. The minimum atomic E-state index is -0.272. The first kappa shape index (κ1) is 17.9. The first-order chi connectivity index (χ1) is 13.0. The van der Waals surface area contributed by atoms with Crippen LogP contribution in [0, 0.1) is 11.7 Å². The Labute approximate surface area is 160 Å². The number of anilines is 1. The normalized spacial score (nSPS) is 19.9. The molecule has 4 rings (SSSR count). The van der Waals surface area contributed by atoms with Gasteiger partial charge in [0.25, 0.3) is 0 Å². The summed E-state index contributed by atoms with van der Waals surface area (Å²) in [5.74, 6) is -0.519. The number of thiazole rings is 1. The third-order valence-electron chi connectivity index (χ3n) is 5.01. The van der Waals surface area contributed by atoms with Crippen molar-refractivity contribution in [2.45, 2.75) is 38.6 Å². The zero-order chi connectivity index (χ0) is 19.0. The molecule has 3 aromatic rings. The van der Waals surface area contributed by atoms with Crippen molar-refractivity contribution in [3.05, 3.63) is 36.1 Å². The van der Waals surface area contributed by atoms with Crippen LogP contribution < -0.4 is 10.6 Å². The number of hydrogen-bond acceptors (Lipinski definition) is 4. The van der Waals surface area contributed by atoms with Crippen LogP contribution in [0.5, 0.6) is 0 Å². The van der Waals surface area contributed by atoms with Crippen LogP contribution >= 0.6 is 11.3 Å². The highest BCUT2D eigenvalue weighted by molar-refractivity contribution is 7.23. The van der Waals surface area contributed by atoms with Crippen molar-refractivity contribution in [2.75, 3.05) is 5.32 Å². The van der Waals surface area contributed by atoms with E-state index in [1.54, 1.807) is 6.07 Å². The van der Waals surface area contributed by atoms with E-state index in [0.717, 1.165) is 40.3 Å². The fraction of sp³-hybridized carbons (Fsp3) is 0.350. The summed E-state index contributed by atoms with van der Waals surface area (Å²) in [6, 6.07) is 8.42. The van der Waals surface area contributed by atoms with Crippen LogP contribution in [-0.4, -0.2) is 22.8 Å². The smallest absolute Gasteiger partial charge is 0.229 e. The van der Waals surface area contributed by atoms with Crippen LogP contribution in [0.25, 0.3) is 21.0 Å². The molecule has 1 fully saturated rings. The van der Waals surface area contributed by atoms with Gasteiger partial charge in [0.15, 0.2) is 5.13 Å². The summed E-state index contributed by atoms with van der Waals surface area (Å²) >= 11 is 1.40. The number of benzene rings is 2. The lowest BCUT2D eigenvalue weighted by molar-refractivity contribution is -0.123. The van der Waals surface area contributed by atoms with Gasteiger partial charge in [-0.2, -0.15) is 0 Å². The Hall–Kier alpha value is -2.54. The average Bonchev–Trinajstić information content (AvgIpc) is 3.03. The number of rotatable bonds is 3. The molecule has 27 heavy (non-hydrogen) atoms. The van der Waals surface area contributed by atoms with E-state index < -0.39 is 0 Å². The van der Waals surface area contributed by atoms with Gasteiger partial charge >= 0.3 is 0 Å². The topological polar surface area (TPSA) is 71.1 Å². The molecule has 1 saturated carbocycles. The maximum Gasteiger partial charge on any atom is 0.229 e. The Balaban J connectivity index is 1.53. The zero-order valence-corrected chi connectivity index (χ0v) is 15.7. The fourth-order valence-corrected chi connectivity index (χ4v) is 4.80. The van der Waals surface area contributed by atoms with Crippen LogP contribution in [0.2, 0.25) is 0 Å². The Morgan fingerprint density at radius 3 is 2.89 bits per heavy atom. The summed E-state index contributed by atoms with van der Waals surface area (Å²) in [5, 5.41) is 8.14. The Bertz CT molecular complexity index is 1030. The molecule has 0 spiro atoms. The highest BCUT2D eigenvalue weighted by Crippen LogP contribution is 2.34. The van der Waals surface area contributed by atoms with Gasteiger partial charge in [0.05, 0.1) is 10.2 Å². The lowest BCUT2D eigenvalue weighted by Crippen LogP contribution is -2.40. The van der Waals surface area contributed by atoms with Crippen LogP contribution in [0.1, 0.15) is 32.6 Å². The molecule has 0 aliphatic heterocycles. The second-order valence-electron chi connectivity index (χ2n) is 7.05. The van der Waals surface area contributed by atoms with Gasteiger partial charge in [-0.25, -0.2) is 9.37 Å². The standard InChI is InChI=1S/C20H20FN3O2S/c1-11(25)22-15-4-2-3-13(10-15)19(26)24-20-23-17-8-5-12-9-14(21)6-7-16(12)18(17)27-20/h5-9,13,15H,2-4,10H2,1H3,(H,22,25)(H,23,24,26)/t13-,15+/m0/s1. The first-order valence-corrected chi connectivity index (χ1v) is 9.88. The van der Waals surface area contributed by atoms with Gasteiger partial charge < -0.3 is 10.6 Å². The zero-order valence-electron chi connectivity index (χ0n) is 14.9. The van der Waals surface area contributed by atoms with E-state index in [2.05, 4.69) is 15.6 Å². The molecule has 0 unspecified atom stereocenters. The molecule has 5 nitrogen and oxygen atoms in total. The van der Waals surface area contributed by atoms with Crippen molar-refractivity contribution in [1.82, 2.24) is 10.3 Å². The van der Waals surface area contributed by atoms with Crippen LogP contribution in [0.3, 0.4) is 0 Å². The van der Waals surface area contributed by atoms with E-state index in [-0.39, 0.29) is 29.6 Å². The number of nitrogens with one attached hydrogen (secondary N) is 2. The van der Waals surface area contributed by atoms with Crippen molar-refractivity contribution in [1.29, 1.82) is 0 Å². The summed E-state index contributed by atoms with van der Waals surface area (Å²) in [7, 11) is 0. The Morgan fingerprint density at radius 1 is 1.22 bits per heavy atom. The summed E-state index contributed by atoms with van der Waals surface area (Å²) in [5.41, 5.74) is 0.786. The molecule has 1 heterocycles. The van der Waals surface area contributed by atoms with Crippen molar-refractivity contribution in [2.24, 2.45) is 5.92 Å². The van der Waals surface area contributed by atoms with E-state index in [1.807, 2.05) is 12.1 Å². The van der Waals surface area contributed by atoms with Crippen molar-refractivity contribution >= 4 is 49.3 Å². The van der Waals surface area contributed by atoms with Gasteiger partial charge in [-0.05, 0) is 48.9 Å². The summed E-state index contributed by atoms with van der Waals surface area (Å²) in [6.07, 6.45) is 3.29. The first-order valence-electron chi connectivity index (χ1n) is 9.06. The van der Waals surface area contributed by atoms with Gasteiger partial charge in [0, 0.05) is 24.3 Å². The molecule has 0 bridgehead atoms.